The fourth-order valence-electron chi connectivity index (χ4n) is 2.58. The van der Waals surface area contributed by atoms with Crippen molar-refractivity contribution in [3.63, 3.8) is 0 Å². The Morgan fingerprint density at radius 1 is 1.53 bits per heavy atom. The zero-order valence-electron chi connectivity index (χ0n) is 11.4. The van der Waals surface area contributed by atoms with Gasteiger partial charge in [-0.05, 0) is 43.5 Å². The molecule has 0 spiro atoms. The Kier molecular flexibility index (Phi) is 4.83. The highest BCUT2D eigenvalue weighted by Crippen LogP contribution is 2.17. The van der Waals surface area contributed by atoms with Crippen molar-refractivity contribution in [1.29, 1.82) is 0 Å². The maximum absolute atomic E-state index is 12.1. The molecule has 2 N–H and O–H groups in total. The van der Waals surface area contributed by atoms with E-state index in [1.54, 1.807) is 0 Å². The van der Waals surface area contributed by atoms with Crippen molar-refractivity contribution in [3.8, 4) is 0 Å². The van der Waals surface area contributed by atoms with Crippen LogP contribution in [-0.2, 0) is 11.2 Å². The summed E-state index contributed by atoms with van der Waals surface area (Å²) in [5, 5.41) is 7.09. The molecule has 104 valence electrons. The van der Waals surface area contributed by atoms with Gasteiger partial charge in [0.2, 0.25) is 5.91 Å². The van der Waals surface area contributed by atoms with Crippen LogP contribution in [-0.4, -0.2) is 25.0 Å². The summed E-state index contributed by atoms with van der Waals surface area (Å²) in [6.07, 6.45) is 0.806. The summed E-state index contributed by atoms with van der Waals surface area (Å²) in [5.41, 5.74) is 1.15. The second kappa shape index (κ2) is 6.40. The average Bonchev–Trinajstić information content (AvgIpc) is 2.75. The van der Waals surface area contributed by atoms with Gasteiger partial charge in [0.1, 0.15) is 0 Å². The van der Waals surface area contributed by atoms with Gasteiger partial charge in [0.15, 0.2) is 0 Å². The third-order valence-electron chi connectivity index (χ3n) is 3.67. The minimum atomic E-state index is 0.0989. The summed E-state index contributed by atoms with van der Waals surface area (Å²) in [4.78, 5) is 12.1. The first-order chi connectivity index (χ1) is 9.06. The van der Waals surface area contributed by atoms with E-state index in [2.05, 4.69) is 17.6 Å². The van der Waals surface area contributed by atoms with Crippen molar-refractivity contribution in [2.24, 2.45) is 11.8 Å². The van der Waals surface area contributed by atoms with Crippen LogP contribution in [0.15, 0.2) is 24.3 Å². The average molecular weight is 281 g/mol. The van der Waals surface area contributed by atoms with E-state index in [0.717, 1.165) is 30.1 Å². The Morgan fingerprint density at radius 3 is 2.95 bits per heavy atom. The third kappa shape index (κ3) is 3.95. The van der Waals surface area contributed by atoms with Crippen LogP contribution < -0.4 is 10.6 Å². The van der Waals surface area contributed by atoms with Gasteiger partial charge in [-0.25, -0.2) is 0 Å². The van der Waals surface area contributed by atoms with Crippen LogP contribution in [0.1, 0.15) is 19.4 Å². The Labute approximate surface area is 119 Å². The summed E-state index contributed by atoms with van der Waals surface area (Å²) in [5.74, 6) is 0.673. The number of amides is 1. The Balaban J connectivity index is 1.87. The topological polar surface area (TPSA) is 41.1 Å². The van der Waals surface area contributed by atoms with Gasteiger partial charge < -0.3 is 10.6 Å². The van der Waals surface area contributed by atoms with Crippen molar-refractivity contribution in [2.45, 2.75) is 26.3 Å². The van der Waals surface area contributed by atoms with Crippen molar-refractivity contribution in [3.05, 3.63) is 34.9 Å². The first kappa shape index (κ1) is 14.4. The third-order valence-corrected chi connectivity index (χ3v) is 3.91. The van der Waals surface area contributed by atoms with Crippen molar-refractivity contribution in [1.82, 2.24) is 10.6 Å². The summed E-state index contributed by atoms with van der Waals surface area (Å²) >= 11 is 5.96. The molecule has 1 aliphatic rings. The molecular formula is C15H21ClN2O. The van der Waals surface area contributed by atoms with Gasteiger partial charge in [0.25, 0.3) is 0 Å². The van der Waals surface area contributed by atoms with E-state index >= 15 is 0 Å². The lowest BCUT2D eigenvalue weighted by Crippen LogP contribution is -2.40. The number of halogens is 1. The van der Waals surface area contributed by atoms with E-state index in [0.29, 0.717) is 5.92 Å². The highest BCUT2D eigenvalue weighted by Gasteiger charge is 2.29. The SMILES string of the molecule is CC(Cc1cccc(Cl)c1)NC(=O)[C@@H]1CNC[C@H]1C. The van der Waals surface area contributed by atoms with Gasteiger partial charge in [0, 0.05) is 17.6 Å². The van der Waals surface area contributed by atoms with E-state index in [1.165, 1.54) is 0 Å². The van der Waals surface area contributed by atoms with Crippen LogP contribution in [0.2, 0.25) is 5.02 Å². The molecule has 0 aromatic heterocycles. The zero-order chi connectivity index (χ0) is 13.8. The van der Waals surface area contributed by atoms with Crippen molar-refractivity contribution >= 4 is 17.5 Å². The molecule has 1 heterocycles. The lowest BCUT2D eigenvalue weighted by atomic mass is 9.96. The molecule has 19 heavy (non-hydrogen) atoms. The van der Waals surface area contributed by atoms with E-state index in [1.807, 2.05) is 31.2 Å². The largest absolute Gasteiger partial charge is 0.353 e. The molecule has 1 aliphatic heterocycles. The lowest BCUT2D eigenvalue weighted by Gasteiger charge is -2.19. The molecule has 1 aromatic rings. The fraction of sp³-hybridized carbons (Fsp3) is 0.533. The Bertz CT molecular complexity index is 450. The predicted molar refractivity (Wildman–Crippen MR) is 78.3 cm³/mol. The minimum absolute atomic E-state index is 0.0989. The van der Waals surface area contributed by atoms with Gasteiger partial charge in [-0.3, -0.25) is 4.79 Å². The summed E-state index contributed by atoms with van der Waals surface area (Å²) < 4.78 is 0. The van der Waals surface area contributed by atoms with E-state index in [-0.39, 0.29) is 17.9 Å². The van der Waals surface area contributed by atoms with Gasteiger partial charge in [-0.1, -0.05) is 30.7 Å². The van der Waals surface area contributed by atoms with Crippen LogP contribution in [0.3, 0.4) is 0 Å². The molecule has 1 fully saturated rings. The summed E-state index contributed by atoms with van der Waals surface area (Å²) in [6, 6.07) is 7.91. The van der Waals surface area contributed by atoms with E-state index < -0.39 is 0 Å². The van der Waals surface area contributed by atoms with Crippen LogP contribution in [0, 0.1) is 11.8 Å². The molecule has 0 saturated carbocycles. The predicted octanol–water partition coefficient (Wildman–Crippen LogP) is 2.24. The zero-order valence-corrected chi connectivity index (χ0v) is 12.2. The maximum atomic E-state index is 12.1. The lowest BCUT2D eigenvalue weighted by molar-refractivity contribution is -0.126. The van der Waals surface area contributed by atoms with Crippen LogP contribution in [0.25, 0.3) is 0 Å². The molecule has 3 atom stereocenters. The Morgan fingerprint density at radius 2 is 2.32 bits per heavy atom. The van der Waals surface area contributed by atoms with Gasteiger partial charge in [0.05, 0.1) is 5.92 Å². The van der Waals surface area contributed by atoms with Crippen LogP contribution in [0.5, 0.6) is 0 Å². The fourth-order valence-corrected chi connectivity index (χ4v) is 2.79. The quantitative estimate of drug-likeness (QED) is 0.888. The van der Waals surface area contributed by atoms with Gasteiger partial charge >= 0.3 is 0 Å². The molecule has 0 bridgehead atoms. The van der Waals surface area contributed by atoms with Crippen molar-refractivity contribution in [2.75, 3.05) is 13.1 Å². The number of benzene rings is 1. The van der Waals surface area contributed by atoms with Gasteiger partial charge in [-0.15, -0.1) is 0 Å². The first-order valence-corrected chi connectivity index (χ1v) is 7.19. The molecular weight excluding hydrogens is 260 g/mol. The van der Waals surface area contributed by atoms with Crippen molar-refractivity contribution < 1.29 is 4.79 Å². The molecule has 1 aromatic carbocycles. The van der Waals surface area contributed by atoms with E-state index in [4.69, 9.17) is 11.6 Å². The van der Waals surface area contributed by atoms with Crippen LogP contribution in [0.4, 0.5) is 0 Å². The number of rotatable bonds is 4. The Hall–Kier alpha value is -1.06. The molecule has 1 unspecified atom stereocenters. The maximum Gasteiger partial charge on any atom is 0.224 e. The molecule has 0 radical (unpaired) electrons. The van der Waals surface area contributed by atoms with E-state index in [9.17, 15) is 4.79 Å². The molecule has 1 saturated heterocycles. The summed E-state index contributed by atoms with van der Waals surface area (Å²) in [6.45, 7) is 5.87. The normalized spacial score (nSPS) is 24.2. The standard InChI is InChI=1S/C15H21ClN2O/c1-10-8-17-9-14(10)15(19)18-11(2)6-12-4-3-5-13(16)7-12/h3-5,7,10-11,14,17H,6,8-9H2,1-2H3,(H,18,19)/t10-,11?,14-/m1/s1. The van der Waals surface area contributed by atoms with Crippen LogP contribution >= 0.6 is 11.6 Å². The number of hydrogen-bond donors (Lipinski definition) is 2. The number of hydrogen-bond acceptors (Lipinski definition) is 2. The van der Waals surface area contributed by atoms with Gasteiger partial charge in [-0.2, -0.15) is 0 Å². The minimum Gasteiger partial charge on any atom is -0.353 e. The highest BCUT2D eigenvalue weighted by molar-refractivity contribution is 6.30. The smallest absolute Gasteiger partial charge is 0.224 e. The second-order valence-corrected chi connectivity index (χ2v) is 5.92. The number of nitrogens with one attached hydrogen (secondary N) is 2. The second-order valence-electron chi connectivity index (χ2n) is 5.49. The number of carbonyl (C=O) groups is 1. The molecule has 3 nitrogen and oxygen atoms in total. The monoisotopic (exact) mass is 280 g/mol. The summed E-state index contributed by atoms with van der Waals surface area (Å²) in [7, 11) is 0. The molecule has 2 rings (SSSR count). The molecule has 1 amide bonds. The first-order valence-electron chi connectivity index (χ1n) is 6.82. The highest BCUT2D eigenvalue weighted by atomic mass is 35.5. The molecule has 4 heteroatoms. The number of carbonyl (C=O) groups excluding carboxylic acids is 1. The molecule has 0 aliphatic carbocycles.